The van der Waals surface area contributed by atoms with E-state index in [4.69, 9.17) is 0 Å². The van der Waals surface area contributed by atoms with E-state index in [0.717, 1.165) is 0 Å². The number of nitrogens with one attached hydrogen (secondary N) is 1. The van der Waals surface area contributed by atoms with Gasteiger partial charge in [-0.15, -0.1) is 0 Å². The summed E-state index contributed by atoms with van der Waals surface area (Å²) in [5, 5.41) is 1.39. The number of hydrogen-bond acceptors (Lipinski definition) is 3. The molecule has 0 aromatic heterocycles. The van der Waals surface area contributed by atoms with Crippen LogP contribution in [0.5, 0.6) is 0 Å². The lowest BCUT2D eigenvalue weighted by Crippen LogP contribution is -2.53. The molecular weight excluding hydrogens is 246 g/mol. The number of carbonyl (C=O) groups is 2. The number of ether oxygens (including phenoxy) is 1. The maximum atomic E-state index is 12.8. The van der Waals surface area contributed by atoms with Gasteiger partial charge in [-0.05, 0) is 20.8 Å². The molecule has 0 fully saturated rings. The molecule has 0 aliphatic heterocycles. The van der Waals surface area contributed by atoms with E-state index < -0.39 is 36.4 Å². The number of rotatable bonds is 4. The summed E-state index contributed by atoms with van der Waals surface area (Å²) in [5.74, 6) is -4.64. The summed E-state index contributed by atoms with van der Waals surface area (Å²) < 4.78 is 53.9. The highest BCUT2D eigenvalue weighted by Crippen LogP contribution is 2.26. The van der Waals surface area contributed by atoms with Crippen LogP contribution in [0.2, 0.25) is 0 Å². The van der Waals surface area contributed by atoms with Crippen molar-refractivity contribution in [1.82, 2.24) is 5.32 Å². The van der Waals surface area contributed by atoms with Crippen LogP contribution in [0.4, 0.5) is 22.4 Å². The summed E-state index contributed by atoms with van der Waals surface area (Å²) >= 11 is 0. The van der Waals surface area contributed by atoms with E-state index in [1.54, 1.807) is 0 Å². The van der Waals surface area contributed by atoms with E-state index in [-0.39, 0.29) is 0 Å². The summed E-state index contributed by atoms with van der Waals surface area (Å²) in [5.41, 5.74) is -0.988. The molecule has 0 spiro atoms. The summed E-state index contributed by atoms with van der Waals surface area (Å²) in [7, 11) is 0. The highest BCUT2D eigenvalue weighted by molar-refractivity contribution is 5.74. The molecule has 8 heteroatoms. The molecule has 0 rings (SSSR count). The van der Waals surface area contributed by atoms with Crippen molar-refractivity contribution in [2.24, 2.45) is 0 Å². The average molecular weight is 259 g/mol. The Kier molecular flexibility index (Phi) is 4.91. The fourth-order valence-electron chi connectivity index (χ4n) is 0.791. The average Bonchev–Trinajstić information content (AvgIpc) is 2.10. The topological polar surface area (TPSA) is 55.4 Å². The maximum absolute atomic E-state index is 12.8. The molecule has 0 radical (unpaired) electrons. The van der Waals surface area contributed by atoms with Gasteiger partial charge in [-0.2, -0.15) is 8.78 Å². The number of halogens is 4. The lowest BCUT2D eigenvalue weighted by molar-refractivity contribution is -0.155. The molecule has 1 unspecified atom stereocenters. The Morgan fingerprint density at radius 1 is 1.29 bits per heavy atom. The van der Waals surface area contributed by atoms with Crippen molar-refractivity contribution in [3.05, 3.63) is 0 Å². The standard InChI is InChI=1S/C9H13F4NO3/c1-8(2,3)17-7(16)14-5(4-15)9(12,13)6(10)11/h4-6H,1-3H3,(H,14,16). The normalized spacial score (nSPS) is 14.4. The van der Waals surface area contributed by atoms with Crippen molar-refractivity contribution < 1.29 is 31.9 Å². The van der Waals surface area contributed by atoms with Gasteiger partial charge in [-0.25, -0.2) is 13.6 Å². The van der Waals surface area contributed by atoms with Gasteiger partial charge in [-0.3, -0.25) is 0 Å². The zero-order valence-corrected chi connectivity index (χ0v) is 9.47. The number of amides is 1. The predicted octanol–water partition coefficient (Wildman–Crippen LogP) is 1.98. The minimum atomic E-state index is -4.64. The fourth-order valence-corrected chi connectivity index (χ4v) is 0.791. The number of hydrogen-bond donors (Lipinski definition) is 1. The highest BCUT2D eigenvalue weighted by Gasteiger charge is 2.50. The van der Waals surface area contributed by atoms with Gasteiger partial charge in [0, 0.05) is 0 Å². The Balaban J connectivity index is 4.63. The molecule has 0 saturated heterocycles. The third-order valence-electron chi connectivity index (χ3n) is 1.51. The summed E-state index contributed by atoms with van der Waals surface area (Å²) in [6.45, 7) is 4.36. The molecule has 1 atom stereocenters. The van der Waals surface area contributed by atoms with Crippen molar-refractivity contribution in [2.45, 2.75) is 44.8 Å². The Morgan fingerprint density at radius 2 is 1.76 bits per heavy atom. The van der Waals surface area contributed by atoms with E-state index in [0.29, 0.717) is 0 Å². The van der Waals surface area contributed by atoms with Gasteiger partial charge in [-0.1, -0.05) is 0 Å². The maximum Gasteiger partial charge on any atom is 0.408 e. The van der Waals surface area contributed by atoms with Crippen LogP contribution in [0.15, 0.2) is 0 Å². The van der Waals surface area contributed by atoms with Gasteiger partial charge in [0.15, 0.2) is 6.04 Å². The molecular formula is C9H13F4NO3. The molecule has 0 heterocycles. The second-order valence-corrected chi connectivity index (χ2v) is 4.24. The number of alkyl halides is 4. The molecule has 4 nitrogen and oxygen atoms in total. The molecule has 100 valence electrons. The quantitative estimate of drug-likeness (QED) is 0.620. The Bertz CT molecular complexity index is 288. The second kappa shape index (κ2) is 5.33. The number of alkyl carbamates (subject to hydrolysis) is 1. The number of carbonyl (C=O) groups excluding carboxylic acids is 2. The van der Waals surface area contributed by atoms with Gasteiger partial charge < -0.3 is 14.8 Å². The molecule has 0 aliphatic carbocycles. The zero-order chi connectivity index (χ0) is 13.9. The molecule has 0 aromatic rings. The molecule has 0 aliphatic rings. The van der Waals surface area contributed by atoms with Crippen LogP contribution >= 0.6 is 0 Å². The van der Waals surface area contributed by atoms with Crippen LogP contribution in [-0.2, 0) is 9.53 Å². The van der Waals surface area contributed by atoms with Crippen molar-refractivity contribution in [3.8, 4) is 0 Å². The molecule has 1 N–H and O–H groups in total. The van der Waals surface area contributed by atoms with Gasteiger partial charge in [0.1, 0.15) is 11.9 Å². The lowest BCUT2D eigenvalue weighted by atomic mass is 10.1. The lowest BCUT2D eigenvalue weighted by Gasteiger charge is -2.25. The third-order valence-corrected chi connectivity index (χ3v) is 1.51. The first-order chi connectivity index (χ1) is 7.50. The first kappa shape index (κ1) is 15.7. The van der Waals surface area contributed by atoms with E-state index in [9.17, 15) is 27.2 Å². The fraction of sp³-hybridized carbons (Fsp3) is 0.778. The third kappa shape index (κ3) is 5.01. The largest absolute Gasteiger partial charge is 0.444 e. The predicted molar refractivity (Wildman–Crippen MR) is 50.2 cm³/mol. The van der Waals surface area contributed by atoms with Gasteiger partial charge >= 0.3 is 18.4 Å². The van der Waals surface area contributed by atoms with Crippen LogP contribution in [0.1, 0.15) is 20.8 Å². The second-order valence-electron chi connectivity index (χ2n) is 4.24. The molecule has 0 saturated carbocycles. The monoisotopic (exact) mass is 259 g/mol. The Hall–Kier alpha value is -1.34. The van der Waals surface area contributed by atoms with Crippen molar-refractivity contribution in [2.75, 3.05) is 0 Å². The van der Waals surface area contributed by atoms with E-state index in [1.165, 1.54) is 26.1 Å². The van der Waals surface area contributed by atoms with E-state index >= 15 is 0 Å². The van der Waals surface area contributed by atoms with Gasteiger partial charge in [0.25, 0.3) is 0 Å². The SMILES string of the molecule is CC(C)(C)OC(=O)NC(C=O)C(F)(F)C(F)F. The van der Waals surface area contributed by atoms with Gasteiger partial charge in [0.2, 0.25) is 0 Å². The number of aldehydes is 1. The van der Waals surface area contributed by atoms with Crippen LogP contribution < -0.4 is 5.32 Å². The van der Waals surface area contributed by atoms with E-state index in [2.05, 4.69) is 4.74 Å². The van der Waals surface area contributed by atoms with Crippen LogP contribution in [-0.4, -0.2) is 36.4 Å². The zero-order valence-electron chi connectivity index (χ0n) is 9.47. The van der Waals surface area contributed by atoms with Gasteiger partial charge in [0.05, 0.1) is 0 Å². The summed E-state index contributed by atoms with van der Waals surface area (Å²) in [6.07, 6.45) is -5.89. The Labute approximate surface area is 95.3 Å². The smallest absolute Gasteiger partial charge is 0.408 e. The molecule has 0 aromatic carbocycles. The first-order valence-electron chi connectivity index (χ1n) is 4.61. The molecule has 1 amide bonds. The van der Waals surface area contributed by atoms with Crippen molar-refractivity contribution in [1.29, 1.82) is 0 Å². The van der Waals surface area contributed by atoms with Crippen molar-refractivity contribution in [3.63, 3.8) is 0 Å². The molecule has 17 heavy (non-hydrogen) atoms. The van der Waals surface area contributed by atoms with Crippen LogP contribution in [0, 0.1) is 0 Å². The summed E-state index contributed by atoms with van der Waals surface area (Å²) in [4.78, 5) is 21.3. The van der Waals surface area contributed by atoms with E-state index in [1.807, 2.05) is 0 Å². The summed E-state index contributed by atoms with van der Waals surface area (Å²) in [6, 6.07) is -2.63. The minimum Gasteiger partial charge on any atom is -0.444 e. The Morgan fingerprint density at radius 3 is 2.06 bits per heavy atom. The van der Waals surface area contributed by atoms with Crippen LogP contribution in [0.3, 0.4) is 0 Å². The first-order valence-corrected chi connectivity index (χ1v) is 4.61. The van der Waals surface area contributed by atoms with Crippen molar-refractivity contribution >= 4 is 12.4 Å². The van der Waals surface area contributed by atoms with Crippen LogP contribution in [0.25, 0.3) is 0 Å². The minimum absolute atomic E-state index is 0.462. The highest BCUT2D eigenvalue weighted by atomic mass is 19.3. The molecule has 0 bridgehead atoms.